The highest BCUT2D eigenvalue weighted by Crippen LogP contribution is 2.60. The zero-order valence-electron chi connectivity index (χ0n) is 14.2. The van der Waals surface area contributed by atoms with Gasteiger partial charge in [-0.15, -0.1) is 10.2 Å². The molecule has 4 heteroatoms. The van der Waals surface area contributed by atoms with Gasteiger partial charge in [-0.2, -0.15) is 0 Å². The molecule has 0 saturated heterocycles. The predicted octanol–water partition coefficient (Wildman–Crippen LogP) is 5.14. The zero-order chi connectivity index (χ0) is 16.1. The lowest BCUT2D eigenvalue weighted by atomic mass is 9.49. The largest absolute Gasteiger partial charge is 0.415 e. The quantitative estimate of drug-likeness (QED) is 0.723. The fourth-order valence-electron chi connectivity index (χ4n) is 5.77. The van der Waals surface area contributed by atoms with Gasteiger partial charge in [0, 0.05) is 11.2 Å². The average Bonchev–Trinajstić information content (AvgIpc) is 3.03. The van der Waals surface area contributed by atoms with Crippen LogP contribution in [0.25, 0.3) is 0 Å². The van der Waals surface area contributed by atoms with E-state index in [9.17, 15) is 0 Å². The molecule has 4 saturated carbocycles. The molecule has 24 heavy (non-hydrogen) atoms. The van der Waals surface area contributed by atoms with Crippen LogP contribution in [-0.4, -0.2) is 10.2 Å². The fourth-order valence-corrected chi connectivity index (χ4v) is 6.61. The van der Waals surface area contributed by atoms with E-state index >= 15 is 0 Å². The summed E-state index contributed by atoms with van der Waals surface area (Å²) in [6.45, 7) is 2.16. The first-order valence-electron chi connectivity index (χ1n) is 9.21. The molecule has 0 amide bonds. The van der Waals surface area contributed by atoms with Crippen LogP contribution in [0.2, 0.25) is 0 Å². The van der Waals surface area contributed by atoms with E-state index in [1.54, 1.807) is 11.8 Å². The van der Waals surface area contributed by atoms with Gasteiger partial charge < -0.3 is 4.42 Å². The number of rotatable bonds is 4. The maximum Gasteiger partial charge on any atom is 0.276 e. The number of hydrogen-bond acceptors (Lipinski definition) is 4. The second-order valence-corrected chi connectivity index (χ2v) is 9.21. The summed E-state index contributed by atoms with van der Waals surface area (Å²) in [6, 6.07) is 8.52. The summed E-state index contributed by atoms with van der Waals surface area (Å²) >= 11 is 1.67. The molecule has 6 rings (SSSR count). The monoisotopic (exact) mass is 340 g/mol. The molecule has 1 aromatic carbocycles. The van der Waals surface area contributed by atoms with Gasteiger partial charge >= 0.3 is 0 Å². The van der Waals surface area contributed by atoms with E-state index in [0.717, 1.165) is 34.6 Å². The number of aryl methyl sites for hydroxylation is 1. The van der Waals surface area contributed by atoms with Crippen LogP contribution in [0.15, 0.2) is 33.9 Å². The Morgan fingerprint density at radius 3 is 2.38 bits per heavy atom. The predicted molar refractivity (Wildman–Crippen MR) is 94.9 cm³/mol. The first kappa shape index (κ1) is 15.0. The molecule has 1 heterocycles. The first-order chi connectivity index (χ1) is 11.7. The summed E-state index contributed by atoms with van der Waals surface area (Å²) in [5.74, 6) is 4.56. The summed E-state index contributed by atoms with van der Waals surface area (Å²) in [5.41, 5.74) is 2.88. The van der Waals surface area contributed by atoms with Crippen molar-refractivity contribution in [3.8, 4) is 0 Å². The molecule has 0 N–H and O–H groups in total. The lowest BCUT2D eigenvalue weighted by Crippen LogP contribution is -2.48. The van der Waals surface area contributed by atoms with E-state index in [-0.39, 0.29) is 5.41 Å². The average molecular weight is 340 g/mol. The number of thioether (sulfide) groups is 1. The molecular formula is C20H24N2OS. The fraction of sp³-hybridized carbons (Fsp3) is 0.600. The summed E-state index contributed by atoms with van der Waals surface area (Å²) in [7, 11) is 0. The van der Waals surface area contributed by atoms with Gasteiger partial charge in [0.25, 0.3) is 5.22 Å². The molecule has 4 fully saturated rings. The molecule has 4 bridgehead atoms. The van der Waals surface area contributed by atoms with Crippen LogP contribution >= 0.6 is 11.8 Å². The summed E-state index contributed by atoms with van der Waals surface area (Å²) in [6.07, 6.45) is 8.18. The minimum absolute atomic E-state index is 0.212. The number of benzene rings is 1. The highest BCUT2D eigenvalue weighted by Gasteiger charge is 2.54. The van der Waals surface area contributed by atoms with Gasteiger partial charge in [0.2, 0.25) is 5.89 Å². The van der Waals surface area contributed by atoms with Gasteiger partial charge in [-0.25, -0.2) is 0 Å². The molecule has 4 aliphatic carbocycles. The minimum Gasteiger partial charge on any atom is -0.415 e. The van der Waals surface area contributed by atoms with Crippen LogP contribution in [0.3, 0.4) is 0 Å². The number of nitrogens with zero attached hydrogens (tertiary/aromatic N) is 2. The van der Waals surface area contributed by atoms with E-state index in [2.05, 4.69) is 41.4 Å². The van der Waals surface area contributed by atoms with Crippen LogP contribution in [0.5, 0.6) is 0 Å². The second-order valence-electron chi connectivity index (χ2n) is 8.29. The van der Waals surface area contributed by atoms with Crippen molar-refractivity contribution in [2.75, 3.05) is 0 Å². The number of hydrogen-bond donors (Lipinski definition) is 0. The first-order valence-corrected chi connectivity index (χ1v) is 10.2. The van der Waals surface area contributed by atoms with Crippen LogP contribution in [-0.2, 0) is 11.2 Å². The molecule has 0 atom stereocenters. The van der Waals surface area contributed by atoms with Crippen LogP contribution in [0.4, 0.5) is 0 Å². The Labute approximate surface area is 147 Å². The van der Waals surface area contributed by atoms with Crippen LogP contribution < -0.4 is 0 Å². The SMILES string of the molecule is Cc1ccccc1CSc1nnc(C23CC4CC(CC(C4)C2)C3)o1. The smallest absolute Gasteiger partial charge is 0.276 e. The summed E-state index contributed by atoms with van der Waals surface area (Å²) in [5, 5.41) is 9.61. The Kier molecular flexibility index (Phi) is 3.51. The topological polar surface area (TPSA) is 38.9 Å². The highest BCUT2D eigenvalue weighted by molar-refractivity contribution is 7.98. The molecule has 1 aromatic heterocycles. The lowest BCUT2D eigenvalue weighted by Gasteiger charge is -2.55. The van der Waals surface area contributed by atoms with Gasteiger partial charge in [-0.3, -0.25) is 0 Å². The second kappa shape index (κ2) is 5.62. The molecule has 0 spiro atoms. The Morgan fingerprint density at radius 2 is 1.71 bits per heavy atom. The third kappa shape index (κ3) is 2.50. The Morgan fingerprint density at radius 1 is 1.04 bits per heavy atom. The molecule has 0 radical (unpaired) electrons. The molecule has 4 aliphatic rings. The van der Waals surface area contributed by atoms with Crippen molar-refractivity contribution in [1.82, 2.24) is 10.2 Å². The minimum atomic E-state index is 0.212. The molecule has 126 valence electrons. The van der Waals surface area contributed by atoms with Crippen LogP contribution in [0.1, 0.15) is 55.5 Å². The highest BCUT2D eigenvalue weighted by atomic mass is 32.2. The van der Waals surface area contributed by atoms with Crippen molar-refractivity contribution >= 4 is 11.8 Å². The molecule has 2 aromatic rings. The number of aromatic nitrogens is 2. The van der Waals surface area contributed by atoms with Crippen molar-refractivity contribution in [2.24, 2.45) is 17.8 Å². The lowest BCUT2D eigenvalue weighted by molar-refractivity contribution is -0.0191. The van der Waals surface area contributed by atoms with Crippen molar-refractivity contribution in [3.63, 3.8) is 0 Å². The van der Waals surface area contributed by atoms with E-state index in [0.29, 0.717) is 0 Å². The van der Waals surface area contributed by atoms with Crippen molar-refractivity contribution in [1.29, 1.82) is 0 Å². The molecular weight excluding hydrogens is 316 g/mol. The Hall–Kier alpha value is -1.29. The van der Waals surface area contributed by atoms with Crippen molar-refractivity contribution in [2.45, 2.75) is 61.8 Å². The Balaban J connectivity index is 1.33. The summed E-state index contributed by atoms with van der Waals surface area (Å²) < 4.78 is 6.17. The zero-order valence-corrected chi connectivity index (χ0v) is 15.0. The summed E-state index contributed by atoms with van der Waals surface area (Å²) in [4.78, 5) is 0. The van der Waals surface area contributed by atoms with E-state index in [1.165, 1.54) is 49.7 Å². The third-order valence-corrected chi connectivity index (χ3v) is 7.38. The van der Waals surface area contributed by atoms with Crippen LogP contribution in [0, 0.1) is 24.7 Å². The van der Waals surface area contributed by atoms with Gasteiger partial charge in [-0.05, 0) is 74.3 Å². The normalized spacial score (nSPS) is 34.0. The molecule has 0 aliphatic heterocycles. The van der Waals surface area contributed by atoms with Gasteiger partial charge in [0.15, 0.2) is 0 Å². The van der Waals surface area contributed by atoms with Crippen molar-refractivity contribution in [3.05, 3.63) is 41.3 Å². The molecule has 3 nitrogen and oxygen atoms in total. The van der Waals surface area contributed by atoms with E-state index < -0.39 is 0 Å². The maximum atomic E-state index is 6.17. The van der Waals surface area contributed by atoms with E-state index in [4.69, 9.17) is 4.42 Å². The van der Waals surface area contributed by atoms with Crippen molar-refractivity contribution < 1.29 is 4.42 Å². The van der Waals surface area contributed by atoms with Gasteiger partial charge in [0.1, 0.15) is 0 Å². The van der Waals surface area contributed by atoms with E-state index in [1.807, 2.05) is 0 Å². The maximum absolute atomic E-state index is 6.17. The molecule has 0 unspecified atom stereocenters. The third-order valence-electron chi connectivity index (χ3n) is 6.51. The standard InChI is InChI=1S/C20H24N2OS/c1-13-4-2-3-5-17(13)12-24-19-22-21-18(23-19)20-9-14-6-15(10-20)8-16(7-14)11-20/h2-5,14-16H,6-12H2,1H3. The Bertz CT molecular complexity index is 718. The van der Waals surface area contributed by atoms with Gasteiger partial charge in [0.05, 0.1) is 0 Å². The van der Waals surface area contributed by atoms with Gasteiger partial charge in [-0.1, -0.05) is 36.0 Å².